The molecule has 13 heteroatoms. The minimum absolute atomic E-state index is 0.0517. The van der Waals surface area contributed by atoms with Crippen LogP contribution in [0.15, 0.2) is 0 Å². The zero-order valence-electron chi connectivity index (χ0n) is 18.1. The summed E-state index contributed by atoms with van der Waals surface area (Å²) in [6.45, 7) is 3.42. The molecule has 2 fully saturated rings. The number of likely N-dealkylation sites (tertiary alicyclic amines) is 2. The molecule has 0 bridgehead atoms. The van der Waals surface area contributed by atoms with Gasteiger partial charge in [-0.3, -0.25) is 19.2 Å². The molecule has 6 atom stereocenters. The van der Waals surface area contributed by atoms with Crippen molar-refractivity contribution in [3.05, 3.63) is 0 Å². The van der Waals surface area contributed by atoms with Gasteiger partial charge in [-0.15, -0.1) is 0 Å². The predicted octanol–water partition coefficient (Wildman–Crippen LogP) is -2.81. The summed E-state index contributed by atoms with van der Waals surface area (Å²) in [5.74, 6) is -3.00. The van der Waals surface area contributed by atoms with Gasteiger partial charge in [-0.05, 0) is 33.1 Å². The number of rotatable bonds is 8. The number of carbonyl (C=O) groups is 5. The topological polar surface area (TPSA) is 203 Å². The highest BCUT2D eigenvalue weighted by Crippen LogP contribution is 2.25. The number of carbonyl (C=O) groups excluding carboxylic acids is 4. The second kappa shape index (κ2) is 10.6. The number of primary amides is 1. The number of hydrogen-bond donors (Lipinski definition) is 6. The smallest absolute Gasteiger partial charge is 0.404 e. The van der Waals surface area contributed by atoms with E-state index in [-0.39, 0.29) is 19.0 Å². The zero-order chi connectivity index (χ0) is 24.2. The summed E-state index contributed by atoms with van der Waals surface area (Å²) < 4.78 is 0. The second-order valence-electron chi connectivity index (χ2n) is 8.29. The highest BCUT2D eigenvalue weighted by atomic mass is 16.4. The van der Waals surface area contributed by atoms with Crippen molar-refractivity contribution < 1.29 is 39.3 Å². The van der Waals surface area contributed by atoms with Gasteiger partial charge in [0.1, 0.15) is 6.04 Å². The molecule has 0 spiro atoms. The van der Waals surface area contributed by atoms with Gasteiger partial charge in [0.2, 0.25) is 17.7 Å². The van der Waals surface area contributed by atoms with Crippen molar-refractivity contribution in [3.8, 4) is 0 Å². The summed E-state index contributed by atoms with van der Waals surface area (Å²) >= 11 is 0. The minimum Gasteiger partial charge on any atom is -0.465 e. The number of nitrogens with zero attached hydrogens (tertiary/aromatic N) is 2. The molecule has 0 unspecified atom stereocenters. The lowest BCUT2D eigenvalue weighted by molar-refractivity contribution is -0.143. The first kappa shape index (κ1) is 25.3. The van der Waals surface area contributed by atoms with Gasteiger partial charge in [-0.1, -0.05) is 0 Å². The lowest BCUT2D eigenvalue weighted by Gasteiger charge is -2.28. The van der Waals surface area contributed by atoms with Crippen LogP contribution in [-0.2, 0) is 19.2 Å². The minimum atomic E-state index is -1.58. The van der Waals surface area contributed by atoms with Gasteiger partial charge in [0.25, 0.3) is 5.91 Å². The first-order chi connectivity index (χ1) is 14.9. The van der Waals surface area contributed by atoms with Crippen molar-refractivity contribution in [2.24, 2.45) is 11.7 Å². The molecular formula is C19H31N5O8. The van der Waals surface area contributed by atoms with Crippen molar-refractivity contribution in [3.63, 3.8) is 0 Å². The van der Waals surface area contributed by atoms with Crippen molar-refractivity contribution >= 4 is 29.7 Å². The number of carboxylic acid groups (broad SMARTS) is 1. The van der Waals surface area contributed by atoms with Gasteiger partial charge in [-0.2, -0.15) is 0 Å². The van der Waals surface area contributed by atoms with Gasteiger partial charge in [0.15, 0.2) is 12.2 Å². The average Bonchev–Trinajstić information content (AvgIpc) is 3.40. The Hall–Kier alpha value is -2.93. The molecule has 2 aliphatic rings. The van der Waals surface area contributed by atoms with E-state index in [9.17, 15) is 34.2 Å². The van der Waals surface area contributed by atoms with Crippen molar-refractivity contribution in [2.45, 2.75) is 63.4 Å². The molecule has 2 rings (SSSR count). The van der Waals surface area contributed by atoms with E-state index in [0.29, 0.717) is 25.8 Å². The Morgan fingerprint density at radius 1 is 0.969 bits per heavy atom. The fraction of sp³-hybridized carbons (Fsp3) is 0.737. The summed E-state index contributed by atoms with van der Waals surface area (Å²) in [5, 5.41) is 33.0. The molecule has 0 radical (unpaired) electrons. The summed E-state index contributed by atoms with van der Waals surface area (Å²) in [6.07, 6.45) is -3.13. The third kappa shape index (κ3) is 5.85. The molecule has 0 aromatic heterocycles. The summed E-state index contributed by atoms with van der Waals surface area (Å²) in [7, 11) is 0. The molecule has 0 aliphatic carbocycles. The van der Waals surface area contributed by atoms with E-state index in [1.165, 1.54) is 23.6 Å². The Bertz CT molecular complexity index is 762. The fourth-order valence-electron chi connectivity index (χ4n) is 4.02. The maximum Gasteiger partial charge on any atom is 0.404 e. The predicted molar refractivity (Wildman–Crippen MR) is 109 cm³/mol. The van der Waals surface area contributed by atoms with Crippen molar-refractivity contribution in [2.75, 3.05) is 19.6 Å². The fourth-order valence-corrected chi connectivity index (χ4v) is 4.02. The molecular weight excluding hydrogens is 426 g/mol. The van der Waals surface area contributed by atoms with Gasteiger partial charge in [0, 0.05) is 19.6 Å². The average molecular weight is 457 g/mol. The Morgan fingerprint density at radius 3 is 2.19 bits per heavy atom. The van der Waals surface area contributed by atoms with Crippen LogP contribution in [0.5, 0.6) is 0 Å². The van der Waals surface area contributed by atoms with E-state index in [1.54, 1.807) is 0 Å². The Labute approximate surface area is 184 Å². The van der Waals surface area contributed by atoms with Gasteiger partial charge < -0.3 is 41.5 Å². The van der Waals surface area contributed by atoms with E-state index >= 15 is 0 Å². The lowest BCUT2D eigenvalue weighted by Crippen LogP contribution is -2.54. The largest absolute Gasteiger partial charge is 0.465 e. The molecule has 5 amide bonds. The number of amides is 5. The molecule has 32 heavy (non-hydrogen) atoms. The van der Waals surface area contributed by atoms with Crippen molar-refractivity contribution in [1.29, 1.82) is 0 Å². The maximum absolute atomic E-state index is 13.0. The third-order valence-electron chi connectivity index (χ3n) is 5.90. The van der Waals surface area contributed by atoms with Crippen LogP contribution < -0.4 is 16.4 Å². The van der Waals surface area contributed by atoms with Crippen molar-refractivity contribution in [1.82, 2.24) is 20.4 Å². The number of nitrogens with two attached hydrogens (primary N) is 1. The second-order valence-corrected chi connectivity index (χ2v) is 8.29. The highest BCUT2D eigenvalue weighted by Gasteiger charge is 2.42. The van der Waals surface area contributed by atoms with Crippen LogP contribution in [0.1, 0.15) is 33.1 Å². The molecule has 7 N–H and O–H groups in total. The number of hydrogen-bond acceptors (Lipinski definition) is 7. The molecule has 2 heterocycles. The van der Waals surface area contributed by atoms with Crippen LogP contribution in [0.4, 0.5) is 4.79 Å². The van der Waals surface area contributed by atoms with E-state index < -0.39 is 60.1 Å². The normalized spacial score (nSPS) is 24.4. The number of aliphatic hydroxyl groups is 2. The first-order valence-electron chi connectivity index (χ1n) is 10.5. The number of aliphatic hydroxyl groups excluding tert-OH is 2. The van der Waals surface area contributed by atoms with Gasteiger partial charge >= 0.3 is 6.09 Å². The molecule has 0 aromatic rings. The third-order valence-corrected chi connectivity index (χ3v) is 5.90. The van der Waals surface area contributed by atoms with Crippen LogP contribution >= 0.6 is 0 Å². The molecule has 2 saturated heterocycles. The van der Waals surface area contributed by atoms with E-state index in [2.05, 4.69) is 5.32 Å². The van der Waals surface area contributed by atoms with E-state index in [0.717, 1.165) is 0 Å². The Kier molecular flexibility index (Phi) is 8.38. The van der Waals surface area contributed by atoms with Crippen LogP contribution in [-0.4, -0.2) is 105 Å². The SMILES string of the molecule is C[C@H](NC(=O)[C@H]1CCCN1C(=O)[C@H]1CCN(C(=O)[C@H](O)[C@H](C)NC(=O)O)C1)[C@@H](O)C(N)=O. The molecule has 0 saturated carbocycles. The monoisotopic (exact) mass is 457 g/mol. The van der Waals surface area contributed by atoms with Crippen LogP contribution in [0.25, 0.3) is 0 Å². The number of nitrogens with one attached hydrogen (secondary N) is 2. The van der Waals surface area contributed by atoms with E-state index in [1.807, 2.05) is 5.32 Å². The van der Waals surface area contributed by atoms with Crippen LogP contribution in [0.3, 0.4) is 0 Å². The van der Waals surface area contributed by atoms with E-state index in [4.69, 9.17) is 10.8 Å². The van der Waals surface area contributed by atoms with Gasteiger partial charge in [0.05, 0.1) is 18.0 Å². The van der Waals surface area contributed by atoms with Gasteiger partial charge in [-0.25, -0.2) is 4.79 Å². The summed E-state index contributed by atoms with van der Waals surface area (Å²) in [5.41, 5.74) is 5.04. The summed E-state index contributed by atoms with van der Waals surface area (Å²) in [6, 6.07) is -2.70. The van der Waals surface area contributed by atoms with Crippen LogP contribution in [0, 0.1) is 5.92 Å². The Balaban J connectivity index is 1.96. The highest BCUT2D eigenvalue weighted by molar-refractivity contribution is 5.91. The Morgan fingerprint density at radius 2 is 1.59 bits per heavy atom. The quantitative estimate of drug-likeness (QED) is 0.224. The molecule has 13 nitrogen and oxygen atoms in total. The van der Waals surface area contributed by atoms with Crippen LogP contribution in [0.2, 0.25) is 0 Å². The lowest BCUT2D eigenvalue weighted by atomic mass is 10.1. The zero-order valence-corrected chi connectivity index (χ0v) is 18.1. The first-order valence-corrected chi connectivity index (χ1v) is 10.5. The molecule has 0 aromatic carbocycles. The molecule has 180 valence electrons. The summed E-state index contributed by atoms with van der Waals surface area (Å²) in [4.78, 5) is 62.7. The standard InChI is InChI=1S/C19H31N5O8/c1-9(13(25)15(20)27)21-16(28)12-4-3-6-24(12)17(29)11-5-7-23(8-11)18(30)14(26)10(2)22-19(31)32/h9-14,22,25-26H,3-8H2,1-2H3,(H2,20,27)(H,21,28)(H,31,32)/t9-,10-,11-,12+,13+,14+/m0/s1. The maximum atomic E-state index is 13.0. The molecule has 2 aliphatic heterocycles.